The molecule has 0 saturated carbocycles. The number of rotatable bonds is 3. The molecule has 0 radical (unpaired) electrons. The van der Waals surface area contributed by atoms with Gasteiger partial charge in [-0.05, 0) is 29.8 Å². The molecule has 92 valence electrons. The summed E-state index contributed by atoms with van der Waals surface area (Å²) >= 11 is 9.31. The van der Waals surface area contributed by atoms with Crippen LogP contribution >= 0.6 is 27.5 Å². The summed E-state index contributed by atoms with van der Waals surface area (Å²) in [5.74, 6) is -0.784. The van der Waals surface area contributed by atoms with E-state index in [0.29, 0.717) is 10.6 Å². The number of Topliss-reactive ketones (excluding diaryl/α,β-unsaturated/α-hetero) is 1. The van der Waals surface area contributed by atoms with E-state index < -0.39 is 5.82 Å². The Labute approximate surface area is 118 Å². The molecule has 1 nitrogen and oxygen atoms in total. The summed E-state index contributed by atoms with van der Waals surface area (Å²) in [5, 5.41) is 0.495. The molecule has 18 heavy (non-hydrogen) atoms. The molecule has 2 rings (SSSR count). The first kappa shape index (κ1) is 13.2. The van der Waals surface area contributed by atoms with Gasteiger partial charge in [-0.3, -0.25) is 4.79 Å². The third-order valence-corrected chi connectivity index (χ3v) is 3.39. The monoisotopic (exact) mass is 326 g/mol. The van der Waals surface area contributed by atoms with Crippen LogP contribution in [0.3, 0.4) is 0 Å². The first-order chi connectivity index (χ1) is 8.58. The van der Waals surface area contributed by atoms with Crippen LogP contribution in [0.4, 0.5) is 4.39 Å². The van der Waals surface area contributed by atoms with Crippen molar-refractivity contribution in [3.63, 3.8) is 0 Å². The molecule has 0 aliphatic rings. The number of hydrogen-bond acceptors (Lipinski definition) is 1. The average Bonchev–Trinajstić information content (AvgIpc) is 2.33. The molecule has 0 N–H and O–H groups in total. The first-order valence-corrected chi connectivity index (χ1v) is 6.46. The lowest BCUT2D eigenvalue weighted by atomic mass is 10.0. The summed E-state index contributed by atoms with van der Waals surface area (Å²) in [5.41, 5.74) is 0.782. The molecule has 4 heteroatoms. The molecule has 0 heterocycles. The third-order valence-electron chi connectivity index (χ3n) is 2.54. The van der Waals surface area contributed by atoms with Crippen molar-refractivity contribution < 1.29 is 9.18 Å². The zero-order chi connectivity index (χ0) is 13.1. The molecular weight excluding hydrogens is 319 g/mol. The normalized spacial score (nSPS) is 10.4. The van der Waals surface area contributed by atoms with E-state index in [9.17, 15) is 9.18 Å². The molecule has 0 atom stereocenters. The van der Waals surface area contributed by atoms with Crippen LogP contribution < -0.4 is 0 Å². The van der Waals surface area contributed by atoms with Gasteiger partial charge in [0.25, 0.3) is 0 Å². The van der Waals surface area contributed by atoms with E-state index in [1.807, 2.05) is 0 Å². The molecule has 0 fully saturated rings. The molecular formula is C14H9BrClFO. The highest BCUT2D eigenvalue weighted by Gasteiger charge is 2.13. The fourth-order valence-corrected chi connectivity index (χ4v) is 2.36. The van der Waals surface area contributed by atoms with Crippen LogP contribution in [0.2, 0.25) is 5.02 Å². The number of halogens is 3. The predicted molar refractivity (Wildman–Crippen MR) is 73.6 cm³/mol. The summed E-state index contributed by atoms with van der Waals surface area (Å²) in [6, 6.07) is 11.2. The van der Waals surface area contributed by atoms with Crippen molar-refractivity contribution in [2.45, 2.75) is 6.42 Å². The SMILES string of the molecule is O=C(Cc1ccc(Br)cc1Cl)c1ccccc1F. The molecule has 0 unspecified atom stereocenters. The minimum absolute atomic E-state index is 0.0903. The van der Waals surface area contributed by atoms with E-state index in [0.717, 1.165) is 4.47 Å². The van der Waals surface area contributed by atoms with E-state index >= 15 is 0 Å². The second-order valence-corrected chi connectivity index (χ2v) is 5.14. The highest BCUT2D eigenvalue weighted by atomic mass is 79.9. The van der Waals surface area contributed by atoms with Gasteiger partial charge >= 0.3 is 0 Å². The standard InChI is InChI=1S/C14H9BrClFO/c15-10-6-5-9(12(16)8-10)7-14(18)11-3-1-2-4-13(11)17/h1-6,8H,7H2. The van der Waals surface area contributed by atoms with Crippen LogP contribution in [0.5, 0.6) is 0 Å². The summed E-state index contributed by atoms with van der Waals surface area (Å²) < 4.78 is 14.3. The largest absolute Gasteiger partial charge is 0.294 e. The highest BCUT2D eigenvalue weighted by molar-refractivity contribution is 9.10. The summed E-state index contributed by atoms with van der Waals surface area (Å²) in [6.07, 6.45) is 0.0903. The van der Waals surface area contributed by atoms with Crippen LogP contribution in [0.1, 0.15) is 15.9 Å². The smallest absolute Gasteiger partial charge is 0.170 e. The summed E-state index contributed by atoms with van der Waals surface area (Å²) in [7, 11) is 0. The second kappa shape index (κ2) is 5.63. The zero-order valence-corrected chi connectivity index (χ0v) is 11.6. The molecule has 0 aliphatic carbocycles. The molecule has 0 aliphatic heterocycles. The van der Waals surface area contributed by atoms with Gasteiger partial charge in [0.15, 0.2) is 5.78 Å². The minimum Gasteiger partial charge on any atom is -0.294 e. The van der Waals surface area contributed by atoms with Gasteiger partial charge in [0.2, 0.25) is 0 Å². The number of ketones is 1. The predicted octanol–water partition coefficient (Wildman–Crippen LogP) is 4.67. The topological polar surface area (TPSA) is 17.1 Å². The Kier molecular flexibility index (Phi) is 4.15. The Hall–Kier alpha value is -1.19. The van der Waals surface area contributed by atoms with Crippen molar-refractivity contribution in [2.24, 2.45) is 0 Å². The van der Waals surface area contributed by atoms with Gasteiger partial charge < -0.3 is 0 Å². The quantitative estimate of drug-likeness (QED) is 0.749. The van der Waals surface area contributed by atoms with E-state index in [-0.39, 0.29) is 17.8 Å². The zero-order valence-electron chi connectivity index (χ0n) is 9.29. The molecule has 0 bridgehead atoms. The summed E-state index contributed by atoms with van der Waals surface area (Å²) in [6.45, 7) is 0. The first-order valence-electron chi connectivity index (χ1n) is 5.29. The van der Waals surface area contributed by atoms with Crippen LogP contribution in [0.15, 0.2) is 46.9 Å². The fraction of sp³-hybridized carbons (Fsp3) is 0.0714. The number of carbonyl (C=O) groups is 1. The van der Waals surface area contributed by atoms with Crippen molar-refractivity contribution >= 4 is 33.3 Å². The van der Waals surface area contributed by atoms with Crippen LogP contribution in [-0.4, -0.2) is 5.78 Å². The number of carbonyl (C=O) groups excluding carboxylic acids is 1. The maximum absolute atomic E-state index is 13.4. The van der Waals surface area contributed by atoms with Crippen molar-refractivity contribution in [2.75, 3.05) is 0 Å². The number of hydrogen-bond donors (Lipinski definition) is 0. The van der Waals surface area contributed by atoms with E-state index in [4.69, 9.17) is 11.6 Å². The molecule has 0 aromatic heterocycles. The van der Waals surface area contributed by atoms with Gasteiger partial charge in [0.1, 0.15) is 5.82 Å². The molecule has 0 amide bonds. The van der Waals surface area contributed by atoms with Gasteiger partial charge in [-0.25, -0.2) is 4.39 Å². The Bertz CT molecular complexity index is 598. The van der Waals surface area contributed by atoms with Gasteiger partial charge in [-0.2, -0.15) is 0 Å². The Morgan fingerprint density at radius 3 is 2.61 bits per heavy atom. The summed E-state index contributed by atoms with van der Waals surface area (Å²) in [4.78, 5) is 12.0. The van der Waals surface area contributed by atoms with Crippen LogP contribution in [-0.2, 0) is 6.42 Å². The lowest BCUT2D eigenvalue weighted by Gasteiger charge is -2.05. The van der Waals surface area contributed by atoms with Crippen molar-refractivity contribution in [3.8, 4) is 0 Å². The minimum atomic E-state index is -0.504. The van der Waals surface area contributed by atoms with Crippen molar-refractivity contribution in [3.05, 3.63) is 68.9 Å². The van der Waals surface area contributed by atoms with E-state index in [1.165, 1.54) is 12.1 Å². The van der Waals surface area contributed by atoms with Crippen LogP contribution in [0.25, 0.3) is 0 Å². The van der Waals surface area contributed by atoms with E-state index in [2.05, 4.69) is 15.9 Å². The van der Waals surface area contributed by atoms with Gasteiger partial charge in [-0.15, -0.1) is 0 Å². The highest BCUT2D eigenvalue weighted by Crippen LogP contribution is 2.23. The van der Waals surface area contributed by atoms with Crippen molar-refractivity contribution in [1.29, 1.82) is 0 Å². The Balaban J connectivity index is 2.24. The maximum Gasteiger partial charge on any atom is 0.170 e. The lowest BCUT2D eigenvalue weighted by Crippen LogP contribution is -2.06. The van der Waals surface area contributed by atoms with Gasteiger partial charge in [0.05, 0.1) is 5.56 Å². The molecule has 2 aromatic carbocycles. The fourth-order valence-electron chi connectivity index (χ4n) is 1.62. The molecule has 0 spiro atoms. The maximum atomic E-state index is 13.4. The van der Waals surface area contributed by atoms with E-state index in [1.54, 1.807) is 30.3 Å². The van der Waals surface area contributed by atoms with Crippen molar-refractivity contribution in [1.82, 2.24) is 0 Å². The average molecular weight is 328 g/mol. The lowest BCUT2D eigenvalue weighted by molar-refractivity contribution is 0.0989. The van der Waals surface area contributed by atoms with Gasteiger partial charge in [-0.1, -0.05) is 45.7 Å². The Morgan fingerprint density at radius 2 is 1.94 bits per heavy atom. The Morgan fingerprint density at radius 1 is 1.22 bits per heavy atom. The van der Waals surface area contributed by atoms with Gasteiger partial charge in [0, 0.05) is 15.9 Å². The van der Waals surface area contributed by atoms with Crippen LogP contribution in [0, 0.1) is 5.82 Å². The molecule has 2 aromatic rings. The number of benzene rings is 2. The third kappa shape index (κ3) is 2.98. The second-order valence-electron chi connectivity index (χ2n) is 3.82. The molecule has 0 saturated heterocycles.